The topological polar surface area (TPSA) is 122 Å². The summed E-state index contributed by atoms with van der Waals surface area (Å²) in [5, 5.41) is 15.6. The molecular weight excluding hydrogens is 659 g/mol. The van der Waals surface area contributed by atoms with E-state index < -0.39 is 33.0 Å². The van der Waals surface area contributed by atoms with Gasteiger partial charge in [0.15, 0.2) is 6.54 Å². The summed E-state index contributed by atoms with van der Waals surface area (Å²) in [5.41, 5.74) is -4.11. The number of hydrogen-bond donors (Lipinski definition) is 5. The second kappa shape index (κ2) is 18.9. The number of unbranched alkanes of at least 4 members (excludes halogenated alkanes) is 1. The number of nitrogens with one attached hydrogen (secondary N) is 2. The number of carbonyl (C=O) groups excluding carboxylic acids is 3. The van der Waals surface area contributed by atoms with Crippen LogP contribution in [0.5, 0.6) is 0 Å². The minimum Gasteiger partial charge on any atom is -0.477 e. The van der Waals surface area contributed by atoms with Crippen molar-refractivity contribution in [2.24, 2.45) is 32.5 Å². The lowest BCUT2D eigenvalue weighted by atomic mass is 9.40. The Morgan fingerprint density at radius 1 is 0.796 bits per heavy atom. The molecule has 0 heterocycles. The third-order valence-corrected chi connectivity index (χ3v) is 12.4. The van der Waals surface area contributed by atoms with Crippen LogP contribution in [0.1, 0.15) is 128 Å². The van der Waals surface area contributed by atoms with Crippen molar-refractivity contribution in [3.63, 3.8) is 0 Å². The highest BCUT2D eigenvalue weighted by Crippen LogP contribution is 2.66. The zero-order valence-electron chi connectivity index (χ0n) is 33.6. The molecule has 0 bridgehead atoms. The van der Waals surface area contributed by atoms with Crippen molar-refractivity contribution in [3.05, 3.63) is 0 Å². The predicted molar refractivity (Wildman–Crippen MR) is 208 cm³/mol. The normalized spacial score (nSPS) is 16.2. The monoisotopic (exact) mass is 733 g/mol. The molecule has 0 fully saturated rings. The van der Waals surface area contributed by atoms with E-state index >= 15 is 0 Å². The Hall–Kier alpha value is -1.46. The fraction of sp³-hybridized carbons (Fsp3) is 0.895. The van der Waals surface area contributed by atoms with E-state index in [0.29, 0.717) is 42.1 Å². The van der Waals surface area contributed by atoms with Gasteiger partial charge in [-0.05, 0) is 66.9 Å². The summed E-state index contributed by atoms with van der Waals surface area (Å²) in [7, 11) is 3.74. The largest absolute Gasteiger partial charge is 0.477 e. The summed E-state index contributed by atoms with van der Waals surface area (Å²) in [5.74, 6) is -0.541. The van der Waals surface area contributed by atoms with Crippen LogP contribution in [0.25, 0.3) is 0 Å². The van der Waals surface area contributed by atoms with Gasteiger partial charge < -0.3 is 25.0 Å². The summed E-state index contributed by atoms with van der Waals surface area (Å²) in [6.07, 6.45) is 5.19. The Morgan fingerprint density at radius 3 is 1.86 bits per heavy atom. The molecule has 0 saturated heterocycles. The predicted octanol–water partition coefficient (Wildman–Crippen LogP) is 7.04. The third-order valence-electron chi connectivity index (χ3n) is 11.6. The standard InChI is InChI=1S/C38H73N3O6S2/c1-33(2,3)27-37(11,32(46)47-24-22-39-29(42)19-16-15-18-28(49)20-25-48)35(7,8)36(9,10)38(12,34(4,5)6)31(45)40-21-17-23-41(13,14)26-30(43)44/h28H,15-27H2,1-14H3,(H4-,39,40,42,43,44,45,48,49)/p+1. The van der Waals surface area contributed by atoms with Crippen LogP contribution in [-0.2, 0) is 23.9 Å². The van der Waals surface area contributed by atoms with Crippen LogP contribution < -0.4 is 10.6 Å². The number of likely N-dealkylation sites (N-methyl/N-ethyl adjacent to an activating group) is 1. The molecule has 0 aliphatic carbocycles. The third kappa shape index (κ3) is 13.6. The molecule has 0 saturated carbocycles. The van der Waals surface area contributed by atoms with E-state index in [1.807, 2.05) is 27.9 Å². The van der Waals surface area contributed by atoms with Crippen LogP contribution in [0.4, 0.5) is 0 Å². The number of amides is 2. The Balaban J connectivity index is 5.99. The maximum absolute atomic E-state index is 14.3. The number of quaternary nitrogens is 1. The summed E-state index contributed by atoms with van der Waals surface area (Å²) in [4.78, 5) is 52.3. The van der Waals surface area contributed by atoms with Gasteiger partial charge in [0, 0.05) is 24.6 Å². The van der Waals surface area contributed by atoms with Gasteiger partial charge in [0.1, 0.15) is 6.61 Å². The smallest absolute Gasteiger partial charge is 0.359 e. The first-order chi connectivity index (χ1) is 22.0. The molecule has 0 spiro atoms. The van der Waals surface area contributed by atoms with E-state index in [2.05, 4.69) is 105 Å². The molecule has 0 aromatic rings. The molecule has 3 unspecified atom stereocenters. The van der Waals surface area contributed by atoms with E-state index in [9.17, 15) is 24.3 Å². The van der Waals surface area contributed by atoms with Crippen LogP contribution >= 0.6 is 25.3 Å². The zero-order valence-corrected chi connectivity index (χ0v) is 35.4. The second-order valence-electron chi connectivity index (χ2n) is 18.4. The average Bonchev–Trinajstić information content (AvgIpc) is 2.92. The summed E-state index contributed by atoms with van der Waals surface area (Å²) in [6.45, 7) is 26.2. The molecule has 0 aliphatic rings. The van der Waals surface area contributed by atoms with Crippen molar-refractivity contribution in [1.29, 1.82) is 0 Å². The fourth-order valence-corrected chi connectivity index (χ4v) is 8.18. The molecule has 288 valence electrons. The first kappa shape index (κ1) is 47.5. The van der Waals surface area contributed by atoms with Gasteiger partial charge in [-0.15, -0.1) is 0 Å². The summed E-state index contributed by atoms with van der Waals surface area (Å²) in [6, 6.07) is 0. The quantitative estimate of drug-likeness (QED) is 0.0353. The van der Waals surface area contributed by atoms with Crippen LogP contribution in [0, 0.1) is 32.5 Å². The van der Waals surface area contributed by atoms with Crippen LogP contribution in [0.15, 0.2) is 0 Å². The lowest BCUT2D eigenvalue weighted by molar-refractivity contribution is -0.883. The van der Waals surface area contributed by atoms with E-state index in [4.69, 9.17) is 4.74 Å². The SMILES string of the molecule is CC(C)(C)CC(C)(C(=O)OCCNC(=O)CCCCC(S)CCS)C(C)(C)C(C)(C)C(C)(C(=O)NCCC[N+](C)(C)CC(=O)O)C(C)(C)C. The molecule has 0 aromatic carbocycles. The highest BCUT2D eigenvalue weighted by molar-refractivity contribution is 7.81. The number of ether oxygens (including phenoxy) is 1. The van der Waals surface area contributed by atoms with Gasteiger partial charge in [-0.3, -0.25) is 14.4 Å². The number of esters is 1. The minimum atomic E-state index is -0.986. The van der Waals surface area contributed by atoms with Crippen LogP contribution in [0.3, 0.4) is 0 Å². The van der Waals surface area contributed by atoms with Crippen LogP contribution in [-0.4, -0.2) is 91.2 Å². The van der Waals surface area contributed by atoms with Gasteiger partial charge in [-0.2, -0.15) is 25.3 Å². The summed E-state index contributed by atoms with van der Waals surface area (Å²) >= 11 is 8.80. The van der Waals surface area contributed by atoms with Crippen molar-refractivity contribution in [2.45, 2.75) is 133 Å². The molecule has 0 aliphatic heterocycles. The molecular formula is C38H74N3O6S2+. The van der Waals surface area contributed by atoms with E-state index in [1.165, 1.54) is 0 Å². The molecule has 49 heavy (non-hydrogen) atoms. The van der Waals surface area contributed by atoms with Gasteiger partial charge in [0.2, 0.25) is 11.8 Å². The second-order valence-corrected chi connectivity index (χ2v) is 19.6. The Bertz CT molecular complexity index is 1100. The minimum absolute atomic E-state index is 0.0119. The van der Waals surface area contributed by atoms with E-state index in [1.54, 1.807) is 0 Å². The van der Waals surface area contributed by atoms with Gasteiger partial charge >= 0.3 is 11.9 Å². The van der Waals surface area contributed by atoms with Gasteiger partial charge in [0.05, 0.1) is 38.0 Å². The lowest BCUT2D eigenvalue weighted by Crippen LogP contribution is -2.64. The Morgan fingerprint density at radius 2 is 1.37 bits per heavy atom. The highest BCUT2D eigenvalue weighted by atomic mass is 32.1. The van der Waals surface area contributed by atoms with Gasteiger partial charge in [0.25, 0.3) is 0 Å². The molecule has 3 atom stereocenters. The zero-order chi connectivity index (χ0) is 38.7. The number of carboxylic acid groups (broad SMARTS) is 1. The number of nitrogens with zero attached hydrogens (tertiary/aromatic N) is 1. The maximum Gasteiger partial charge on any atom is 0.359 e. The summed E-state index contributed by atoms with van der Waals surface area (Å²) < 4.78 is 6.28. The fourth-order valence-electron chi connectivity index (χ4n) is 7.36. The highest BCUT2D eigenvalue weighted by Gasteiger charge is 2.66. The maximum atomic E-state index is 14.3. The van der Waals surface area contributed by atoms with Crippen LogP contribution in [0.2, 0.25) is 0 Å². The molecule has 2 amide bonds. The molecule has 0 rings (SSSR count). The number of hydrogen-bond acceptors (Lipinski definition) is 7. The van der Waals surface area contributed by atoms with Crippen molar-refractivity contribution in [1.82, 2.24) is 10.6 Å². The number of carboxylic acids is 1. The Kier molecular flexibility index (Phi) is 18.3. The van der Waals surface area contributed by atoms with Crippen molar-refractivity contribution in [2.75, 3.05) is 52.6 Å². The number of aliphatic carboxylic acids is 1. The van der Waals surface area contributed by atoms with Crippen molar-refractivity contribution in [3.8, 4) is 0 Å². The number of carbonyl (C=O) groups is 4. The molecule has 0 aromatic heterocycles. The number of rotatable bonds is 22. The first-order valence-electron chi connectivity index (χ1n) is 18.1. The van der Waals surface area contributed by atoms with Crippen molar-refractivity contribution >= 4 is 49.0 Å². The molecule has 3 N–H and O–H groups in total. The molecule has 11 heteroatoms. The average molecular weight is 733 g/mol. The van der Waals surface area contributed by atoms with Crippen molar-refractivity contribution < 1.29 is 33.5 Å². The van der Waals surface area contributed by atoms with E-state index in [-0.39, 0.29) is 42.9 Å². The first-order valence-corrected chi connectivity index (χ1v) is 19.2. The van der Waals surface area contributed by atoms with E-state index in [0.717, 1.165) is 31.4 Å². The van der Waals surface area contributed by atoms with Gasteiger partial charge in [-0.1, -0.05) is 75.7 Å². The number of thiol groups is 2. The Labute approximate surface area is 310 Å². The van der Waals surface area contributed by atoms with Gasteiger partial charge in [-0.25, -0.2) is 4.79 Å². The molecule has 0 radical (unpaired) electrons. The lowest BCUT2D eigenvalue weighted by Gasteiger charge is -2.62. The molecule has 9 nitrogen and oxygen atoms in total.